The molecule has 0 spiro atoms. The van der Waals surface area contributed by atoms with Crippen LogP contribution in [0, 0.1) is 0 Å². The molecule has 0 aliphatic carbocycles. The summed E-state index contributed by atoms with van der Waals surface area (Å²) >= 11 is 3.05. The molecular formula is C28H25N3O5S2. The monoisotopic (exact) mass is 547 g/mol. The second-order valence-corrected chi connectivity index (χ2v) is 10.5. The minimum Gasteiger partial charge on any atom is -0.464 e. The van der Waals surface area contributed by atoms with Crippen molar-refractivity contribution in [2.45, 2.75) is 26.7 Å². The van der Waals surface area contributed by atoms with Gasteiger partial charge < -0.3 is 20.1 Å². The van der Waals surface area contributed by atoms with Gasteiger partial charge in [0, 0.05) is 5.56 Å². The predicted octanol–water partition coefficient (Wildman–Crippen LogP) is 5.89. The minimum absolute atomic E-state index is 0.0605. The molecule has 10 heteroatoms. The topological polar surface area (TPSA) is 139 Å². The number of aromatic nitrogens is 2. The van der Waals surface area contributed by atoms with E-state index in [0.29, 0.717) is 22.6 Å². The van der Waals surface area contributed by atoms with Crippen LogP contribution in [0.1, 0.15) is 53.0 Å². The highest BCUT2D eigenvalue weighted by Crippen LogP contribution is 2.29. The molecule has 5 aromatic heterocycles. The number of pyridine rings is 2. The van der Waals surface area contributed by atoms with E-state index in [4.69, 9.17) is 10.2 Å². The fourth-order valence-corrected chi connectivity index (χ4v) is 5.35. The van der Waals surface area contributed by atoms with Gasteiger partial charge in [0.1, 0.15) is 11.3 Å². The molecule has 4 N–H and O–H groups in total. The van der Waals surface area contributed by atoms with Crippen LogP contribution in [0.15, 0.2) is 79.6 Å². The van der Waals surface area contributed by atoms with Gasteiger partial charge in [0.15, 0.2) is 5.78 Å². The lowest BCUT2D eigenvalue weighted by Crippen LogP contribution is -2.26. The number of nitrogens with one attached hydrogen (secondary N) is 2. The van der Waals surface area contributed by atoms with Gasteiger partial charge in [0.05, 0.1) is 33.0 Å². The van der Waals surface area contributed by atoms with E-state index in [-0.39, 0.29) is 22.8 Å². The SMILES string of the molecule is CC(=O)c1c(-c2ccco2)cc(-c2cccs2)[nH]c1=O.CC(C)c1cc(-c2cccs2)[nH]c(=O)c1C(N)=O. The Morgan fingerprint density at radius 1 is 0.868 bits per heavy atom. The molecule has 0 atom stereocenters. The van der Waals surface area contributed by atoms with Crippen molar-refractivity contribution < 1.29 is 14.0 Å². The van der Waals surface area contributed by atoms with Crippen molar-refractivity contribution in [3.05, 3.63) is 103 Å². The molecule has 38 heavy (non-hydrogen) atoms. The molecule has 0 bridgehead atoms. The molecule has 5 aromatic rings. The quantitative estimate of drug-likeness (QED) is 0.227. The Kier molecular flexibility index (Phi) is 8.04. The summed E-state index contributed by atoms with van der Waals surface area (Å²) in [7, 11) is 0. The summed E-state index contributed by atoms with van der Waals surface area (Å²) in [5.41, 5.74) is 7.26. The van der Waals surface area contributed by atoms with Crippen LogP contribution in [0.2, 0.25) is 0 Å². The zero-order valence-corrected chi connectivity index (χ0v) is 22.5. The zero-order chi connectivity index (χ0) is 27.4. The normalized spacial score (nSPS) is 10.7. The van der Waals surface area contributed by atoms with Crippen molar-refractivity contribution >= 4 is 34.4 Å². The van der Waals surface area contributed by atoms with Gasteiger partial charge in [-0.15, -0.1) is 22.7 Å². The van der Waals surface area contributed by atoms with Gasteiger partial charge in [-0.1, -0.05) is 26.0 Å². The average molecular weight is 548 g/mol. The van der Waals surface area contributed by atoms with Crippen LogP contribution in [0.3, 0.4) is 0 Å². The first-order valence-electron chi connectivity index (χ1n) is 11.6. The third-order valence-corrected chi connectivity index (χ3v) is 7.48. The maximum absolute atomic E-state index is 12.2. The van der Waals surface area contributed by atoms with E-state index in [1.54, 1.807) is 18.2 Å². The molecule has 194 valence electrons. The summed E-state index contributed by atoms with van der Waals surface area (Å²) in [4.78, 5) is 54.6. The third-order valence-electron chi connectivity index (χ3n) is 5.68. The average Bonchev–Trinajstić information content (AvgIpc) is 3.66. The molecule has 0 radical (unpaired) electrons. The minimum atomic E-state index is -0.683. The molecule has 0 aliphatic rings. The first-order valence-corrected chi connectivity index (χ1v) is 13.4. The number of carbonyl (C=O) groups excluding carboxylic acids is 2. The Labute approximate surface area is 225 Å². The second kappa shape index (κ2) is 11.4. The molecule has 0 aliphatic heterocycles. The van der Waals surface area contributed by atoms with Crippen LogP contribution < -0.4 is 16.9 Å². The highest BCUT2D eigenvalue weighted by molar-refractivity contribution is 7.13. The number of aromatic amines is 2. The van der Waals surface area contributed by atoms with E-state index in [0.717, 1.165) is 15.4 Å². The zero-order valence-electron chi connectivity index (χ0n) is 20.9. The van der Waals surface area contributed by atoms with Gasteiger partial charge in [-0.05, 0) is 65.6 Å². The number of ketones is 1. The van der Waals surface area contributed by atoms with Gasteiger partial charge in [0.2, 0.25) is 0 Å². The smallest absolute Gasteiger partial charge is 0.261 e. The standard InChI is InChI=1S/C15H11NO3S.C13H14N2O2S/c1-9(17)14-10(12-4-2-6-19-12)8-11(16-15(14)18)13-5-3-7-20-13;1-7(2)8-6-9(10-4-3-5-18-10)15-13(17)11(8)12(14)16/h2-8H,1H3,(H,16,18);3-7H,1-2H3,(H2,14,16)(H,15,17). The van der Waals surface area contributed by atoms with E-state index in [2.05, 4.69) is 9.97 Å². The number of amides is 1. The third kappa shape index (κ3) is 5.66. The Bertz CT molecular complexity index is 1680. The van der Waals surface area contributed by atoms with Crippen LogP contribution >= 0.6 is 22.7 Å². The fourth-order valence-electron chi connectivity index (χ4n) is 3.95. The first kappa shape index (κ1) is 26.8. The van der Waals surface area contributed by atoms with Crippen molar-refractivity contribution in [3.63, 3.8) is 0 Å². The lowest BCUT2D eigenvalue weighted by atomic mass is 9.97. The summed E-state index contributed by atoms with van der Waals surface area (Å²) in [5, 5.41) is 3.86. The predicted molar refractivity (Wildman–Crippen MR) is 151 cm³/mol. The van der Waals surface area contributed by atoms with Gasteiger partial charge in [-0.3, -0.25) is 19.2 Å². The van der Waals surface area contributed by atoms with Crippen molar-refractivity contribution in [2.75, 3.05) is 0 Å². The van der Waals surface area contributed by atoms with Gasteiger partial charge in [-0.25, -0.2) is 0 Å². The fraction of sp³-hybridized carbons (Fsp3) is 0.143. The molecule has 0 saturated carbocycles. The van der Waals surface area contributed by atoms with Gasteiger partial charge in [0.25, 0.3) is 17.0 Å². The molecule has 5 rings (SSSR count). The lowest BCUT2D eigenvalue weighted by molar-refractivity contribution is 0.0993. The van der Waals surface area contributed by atoms with E-state index >= 15 is 0 Å². The molecule has 5 heterocycles. The number of Topliss-reactive ketones (excluding diaryl/α,β-unsaturated/α-hetero) is 1. The summed E-state index contributed by atoms with van der Waals surface area (Å²) in [6.07, 6.45) is 1.52. The Morgan fingerprint density at radius 2 is 1.45 bits per heavy atom. The summed E-state index contributed by atoms with van der Waals surface area (Å²) in [6, 6.07) is 14.7. The van der Waals surface area contributed by atoms with Crippen molar-refractivity contribution in [1.82, 2.24) is 9.97 Å². The Balaban J connectivity index is 0.000000178. The lowest BCUT2D eigenvalue weighted by Gasteiger charge is -2.11. The van der Waals surface area contributed by atoms with E-state index in [1.165, 1.54) is 35.9 Å². The molecule has 0 saturated heterocycles. The number of primary amides is 1. The molecular weight excluding hydrogens is 522 g/mol. The molecule has 0 fully saturated rings. The Hall–Kier alpha value is -4.28. The number of hydrogen-bond donors (Lipinski definition) is 3. The van der Waals surface area contributed by atoms with Crippen LogP contribution in [0.5, 0.6) is 0 Å². The van der Waals surface area contributed by atoms with Crippen LogP contribution in [-0.2, 0) is 0 Å². The largest absolute Gasteiger partial charge is 0.464 e. The summed E-state index contributed by atoms with van der Waals surface area (Å²) in [6.45, 7) is 5.24. The number of rotatable bonds is 6. The molecule has 0 aromatic carbocycles. The summed E-state index contributed by atoms with van der Waals surface area (Å²) < 4.78 is 5.34. The van der Waals surface area contributed by atoms with Crippen molar-refractivity contribution in [2.24, 2.45) is 5.73 Å². The maximum atomic E-state index is 12.2. The van der Waals surface area contributed by atoms with Crippen molar-refractivity contribution in [1.29, 1.82) is 0 Å². The Morgan fingerprint density at radius 3 is 1.89 bits per heavy atom. The van der Waals surface area contributed by atoms with E-state index in [9.17, 15) is 19.2 Å². The van der Waals surface area contributed by atoms with Gasteiger partial charge in [-0.2, -0.15) is 0 Å². The van der Waals surface area contributed by atoms with Crippen molar-refractivity contribution in [3.8, 4) is 32.5 Å². The van der Waals surface area contributed by atoms with Crippen LogP contribution in [0.25, 0.3) is 32.5 Å². The number of furan rings is 1. The van der Waals surface area contributed by atoms with E-state index in [1.807, 2.05) is 54.9 Å². The van der Waals surface area contributed by atoms with Gasteiger partial charge >= 0.3 is 0 Å². The maximum Gasteiger partial charge on any atom is 0.261 e. The highest BCUT2D eigenvalue weighted by atomic mass is 32.1. The number of carbonyl (C=O) groups is 2. The number of thiophene rings is 2. The number of hydrogen-bond acceptors (Lipinski definition) is 7. The number of nitrogens with two attached hydrogens (primary N) is 1. The molecule has 1 amide bonds. The summed E-state index contributed by atoms with van der Waals surface area (Å²) in [5.74, 6) is -0.388. The highest BCUT2D eigenvalue weighted by Gasteiger charge is 2.19. The molecule has 0 unspecified atom stereocenters. The van der Waals surface area contributed by atoms with Crippen LogP contribution in [0.4, 0.5) is 0 Å². The molecule has 8 nitrogen and oxygen atoms in total. The van der Waals surface area contributed by atoms with E-state index < -0.39 is 17.0 Å². The van der Waals surface area contributed by atoms with Crippen LogP contribution in [-0.4, -0.2) is 21.7 Å². The first-order chi connectivity index (χ1) is 18.2. The number of H-pyrrole nitrogens is 2. The second-order valence-electron chi connectivity index (χ2n) is 8.65.